The Morgan fingerprint density at radius 3 is 2.09 bits per heavy atom. The summed E-state index contributed by atoms with van der Waals surface area (Å²) < 4.78 is 67.3. The van der Waals surface area contributed by atoms with Crippen molar-refractivity contribution in [2.75, 3.05) is 0 Å². The molecule has 0 aliphatic rings. The molecule has 0 radical (unpaired) electrons. The van der Waals surface area contributed by atoms with E-state index in [0.29, 0.717) is 0 Å². The SMILES string of the molecule is O=C(O)c1c(F)cc(-c2cccc(OC(F)(F)F)c2)cc1F. The number of hydrogen-bond acceptors (Lipinski definition) is 2. The van der Waals surface area contributed by atoms with Gasteiger partial charge in [0.25, 0.3) is 0 Å². The number of halogens is 5. The molecule has 2 aromatic rings. The van der Waals surface area contributed by atoms with Gasteiger partial charge in [0, 0.05) is 0 Å². The summed E-state index contributed by atoms with van der Waals surface area (Å²) in [7, 11) is 0. The topological polar surface area (TPSA) is 46.5 Å². The Bertz CT molecular complexity index is 702. The van der Waals surface area contributed by atoms with Gasteiger partial charge < -0.3 is 9.84 Å². The fraction of sp³-hybridized carbons (Fsp3) is 0.0714. The molecule has 3 nitrogen and oxygen atoms in total. The molecule has 0 aliphatic heterocycles. The minimum absolute atomic E-state index is 0.0384. The Balaban J connectivity index is 2.45. The van der Waals surface area contributed by atoms with E-state index in [1.54, 1.807) is 0 Å². The summed E-state index contributed by atoms with van der Waals surface area (Å²) in [5, 5.41) is 8.65. The van der Waals surface area contributed by atoms with Gasteiger partial charge in [0.05, 0.1) is 0 Å². The maximum atomic E-state index is 13.6. The lowest BCUT2D eigenvalue weighted by Gasteiger charge is -2.11. The minimum atomic E-state index is -4.90. The molecule has 0 bridgehead atoms. The highest BCUT2D eigenvalue weighted by Crippen LogP contribution is 2.29. The molecule has 0 atom stereocenters. The standard InChI is InChI=1S/C14H7F5O3/c15-10-5-8(6-11(16)12(10)13(20)21)7-2-1-3-9(4-7)22-14(17,18)19/h1-6H,(H,20,21). The third-order valence-corrected chi connectivity index (χ3v) is 2.66. The van der Waals surface area contributed by atoms with Crippen LogP contribution in [0.25, 0.3) is 11.1 Å². The molecule has 0 spiro atoms. The number of carbonyl (C=O) groups is 1. The third-order valence-electron chi connectivity index (χ3n) is 2.66. The van der Waals surface area contributed by atoms with Crippen molar-refractivity contribution in [3.63, 3.8) is 0 Å². The van der Waals surface area contributed by atoms with Crippen molar-refractivity contribution in [3.05, 3.63) is 53.6 Å². The first-order valence-electron chi connectivity index (χ1n) is 5.76. The Morgan fingerprint density at radius 2 is 1.59 bits per heavy atom. The van der Waals surface area contributed by atoms with Crippen molar-refractivity contribution >= 4 is 5.97 Å². The van der Waals surface area contributed by atoms with Crippen LogP contribution < -0.4 is 4.74 Å². The quantitative estimate of drug-likeness (QED) is 0.862. The number of hydrogen-bond donors (Lipinski definition) is 1. The third kappa shape index (κ3) is 3.51. The highest BCUT2D eigenvalue weighted by Gasteiger charge is 2.31. The Morgan fingerprint density at radius 1 is 1.00 bits per heavy atom. The van der Waals surface area contributed by atoms with Gasteiger partial charge in [0.15, 0.2) is 0 Å². The number of rotatable bonds is 3. The molecule has 2 rings (SSSR count). The van der Waals surface area contributed by atoms with Gasteiger partial charge in [-0.3, -0.25) is 0 Å². The average molecular weight is 318 g/mol. The lowest BCUT2D eigenvalue weighted by atomic mass is 10.0. The summed E-state index contributed by atoms with van der Waals surface area (Å²) in [6, 6.07) is 5.91. The second-order valence-corrected chi connectivity index (χ2v) is 4.20. The van der Waals surface area contributed by atoms with Crippen molar-refractivity contribution in [2.45, 2.75) is 6.36 Å². The molecular weight excluding hydrogens is 311 g/mol. The molecule has 0 aliphatic carbocycles. The monoisotopic (exact) mass is 318 g/mol. The van der Waals surface area contributed by atoms with Crippen LogP contribution in [0.2, 0.25) is 0 Å². The Labute approximate surface area is 120 Å². The molecule has 0 amide bonds. The summed E-state index contributed by atoms with van der Waals surface area (Å²) in [6.45, 7) is 0. The van der Waals surface area contributed by atoms with Crippen LogP contribution in [0.4, 0.5) is 22.0 Å². The highest BCUT2D eigenvalue weighted by molar-refractivity contribution is 5.89. The Hall–Kier alpha value is -2.64. The predicted molar refractivity (Wildman–Crippen MR) is 65.4 cm³/mol. The van der Waals surface area contributed by atoms with Crippen LogP contribution in [-0.2, 0) is 0 Å². The van der Waals surface area contributed by atoms with E-state index in [1.807, 2.05) is 0 Å². The van der Waals surface area contributed by atoms with Crippen molar-refractivity contribution in [3.8, 4) is 16.9 Å². The van der Waals surface area contributed by atoms with E-state index in [1.165, 1.54) is 12.1 Å². The zero-order valence-electron chi connectivity index (χ0n) is 10.6. The van der Waals surface area contributed by atoms with Crippen molar-refractivity contribution in [1.82, 2.24) is 0 Å². The van der Waals surface area contributed by atoms with Gasteiger partial charge in [-0.25, -0.2) is 13.6 Å². The molecule has 22 heavy (non-hydrogen) atoms. The smallest absolute Gasteiger partial charge is 0.477 e. The molecule has 0 fully saturated rings. The highest BCUT2D eigenvalue weighted by atomic mass is 19.4. The number of carboxylic acids is 1. The van der Waals surface area contributed by atoms with Crippen LogP contribution in [0.3, 0.4) is 0 Å². The van der Waals surface area contributed by atoms with Crippen molar-refractivity contribution in [1.29, 1.82) is 0 Å². The van der Waals surface area contributed by atoms with E-state index in [-0.39, 0.29) is 11.1 Å². The zero-order chi connectivity index (χ0) is 16.5. The predicted octanol–water partition coefficient (Wildman–Crippen LogP) is 4.23. The number of ether oxygens (including phenoxy) is 1. The number of alkyl halides is 3. The largest absolute Gasteiger partial charge is 0.573 e. The van der Waals surface area contributed by atoms with E-state index in [9.17, 15) is 26.7 Å². The van der Waals surface area contributed by atoms with Crippen LogP contribution in [0.1, 0.15) is 10.4 Å². The average Bonchev–Trinajstić information content (AvgIpc) is 2.35. The van der Waals surface area contributed by atoms with E-state index < -0.39 is 35.3 Å². The van der Waals surface area contributed by atoms with Crippen LogP contribution in [0, 0.1) is 11.6 Å². The normalized spacial score (nSPS) is 11.3. The van der Waals surface area contributed by atoms with Gasteiger partial charge >= 0.3 is 12.3 Å². The second kappa shape index (κ2) is 5.63. The Kier molecular flexibility index (Phi) is 4.03. The van der Waals surface area contributed by atoms with Crippen LogP contribution in [0.5, 0.6) is 5.75 Å². The summed E-state index contributed by atoms with van der Waals surface area (Å²) in [5.74, 6) is -5.00. The first kappa shape index (κ1) is 15.7. The van der Waals surface area contributed by atoms with Crippen LogP contribution in [0.15, 0.2) is 36.4 Å². The summed E-state index contributed by atoms with van der Waals surface area (Å²) in [6.07, 6.45) is -4.90. The molecular formula is C14H7F5O3. The van der Waals surface area contributed by atoms with Gasteiger partial charge in [-0.15, -0.1) is 13.2 Å². The summed E-state index contributed by atoms with van der Waals surface area (Å²) in [5.41, 5.74) is -1.21. The van der Waals surface area contributed by atoms with Crippen LogP contribution >= 0.6 is 0 Å². The number of carboxylic acid groups (broad SMARTS) is 1. The maximum absolute atomic E-state index is 13.6. The molecule has 8 heteroatoms. The van der Waals surface area contributed by atoms with Gasteiger partial charge in [-0.2, -0.15) is 0 Å². The molecule has 2 aromatic carbocycles. The molecule has 1 N–H and O–H groups in total. The van der Waals surface area contributed by atoms with Gasteiger partial charge in [-0.1, -0.05) is 12.1 Å². The van der Waals surface area contributed by atoms with Gasteiger partial charge in [0.1, 0.15) is 22.9 Å². The van der Waals surface area contributed by atoms with Crippen molar-refractivity contribution in [2.24, 2.45) is 0 Å². The first-order valence-corrected chi connectivity index (χ1v) is 5.76. The molecule has 0 saturated carbocycles. The molecule has 0 aromatic heterocycles. The maximum Gasteiger partial charge on any atom is 0.573 e. The van der Waals surface area contributed by atoms with Crippen LogP contribution in [-0.4, -0.2) is 17.4 Å². The minimum Gasteiger partial charge on any atom is -0.477 e. The fourth-order valence-electron chi connectivity index (χ4n) is 1.82. The lowest BCUT2D eigenvalue weighted by molar-refractivity contribution is -0.274. The molecule has 0 heterocycles. The summed E-state index contributed by atoms with van der Waals surface area (Å²) >= 11 is 0. The fourth-order valence-corrected chi connectivity index (χ4v) is 1.82. The van der Waals surface area contributed by atoms with Gasteiger partial charge in [0.2, 0.25) is 0 Å². The van der Waals surface area contributed by atoms with Gasteiger partial charge in [-0.05, 0) is 35.4 Å². The van der Waals surface area contributed by atoms with Crippen molar-refractivity contribution < 1.29 is 36.6 Å². The molecule has 0 unspecified atom stereocenters. The van der Waals surface area contributed by atoms with E-state index in [4.69, 9.17) is 5.11 Å². The summed E-state index contributed by atoms with van der Waals surface area (Å²) in [4.78, 5) is 10.7. The number of benzene rings is 2. The van der Waals surface area contributed by atoms with E-state index in [0.717, 1.165) is 24.3 Å². The van der Waals surface area contributed by atoms with E-state index in [2.05, 4.69) is 4.74 Å². The number of aromatic carboxylic acids is 1. The molecule has 0 saturated heterocycles. The second-order valence-electron chi connectivity index (χ2n) is 4.20. The molecule has 116 valence electrons. The zero-order valence-corrected chi connectivity index (χ0v) is 10.6. The van der Waals surface area contributed by atoms with E-state index >= 15 is 0 Å². The first-order chi connectivity index (χ1) is 10.2. The lowest BCUT2D eigenvalue weighted by Crippen LogP contribution is -2.17.